The standard InChI is InChI=1S/C10H14O4S/c1-2-10(11)14-15(12,13)8-9-6-4-3-5-7-9/h3-7,10-11H,2,8H2,1H3. The highest BCUT2D eigenvalue weighted by atomic mass is 32.2. The molecular formula is C10H14O4S. The lowest BCUT2D eigenvalue weighted by molar-refractivity contribution is -0.0138. The van der Waals surface area contributed by atoms with Gasteiger partial charge in [0.1, 0.15) is 5.75 Å². The average Bonchev–Trinajstić information content (AvgIpc) is 2.17. The molecule has 0 saturated heterocycles. The Kier molecular flexibility index (Phi) is 4.26. The molecule has 0 aromatic heterocycles. The van der Waals surface area contributed by atoms with Crippen molar-refractivity contribution in [1.82, 2.24) is 0 Å². The summed E-state index contributed by atoms with van der Waals surface area (Å²) in [4.78, 5) is 0. The Morgan fingerprint density at radius 2 is 1.93 bits per heavy atom. The maximum Gasteiger partial charge on any atom is 0.274 e. The normalized spacial score (nSPS) is 13.7. The van der Waals surface area contributed by atoms with Gasteiger partial charge in [-0.2, -0.15) is 8.42 Å². The number of aliphatic hydroxyl groups excluding tert-OH is 1. The predicted octanol–water partition coefficient (Wildman–Crippen LogP) is 1.26. The van der Waals surface area contributed by atoms with Crippen molar-refractivity contribution in [3.8, 4) is 0 Å². The van der Waals surface area contributed by atoms with E-state index < -0.39 is 16.4 Å². The first-order valence-corrected chi connectivity index (χ1v) is 6.24. The van der Waals surface area contributed by atoms with E-state index in [4.69, 9.17) is 5.11 Å². The molecule has 15 heavy (non-hydrogen) atoms. The molecule has 0 fully saturated rings. The highest BCUT2D eigenvalue weighted by Crippen LogP contribution is 2.09. The van der Waals surface area contributed by atoms with Crippen LogP contribution in [0.3, 0.4) is 0 Å². The summed E-state index contributed by atoms with van der Waals surface area (Å²) >= 11 is 0. The highest BCUT2D eigenvalue weighted by molar-refractivity contribution is 7.85. The minimum atomic E-state index is -3.70. The van der Waals surface area contributed by atoms with Crippen molar-refractivity contribution in [1.29, 1.82) is 0 Å². The van der Waals surface area contributed by atoms with E-state index in [1.165, 1.54) is 0 Å². The van der Waals surface area contributed by atoms with Crippen LogP contribution in [0.15, 0.2) is 30.3 Å². The molecule has 0 aliphatic rings. The van der Waals surface area contributed by atoms with E-state index in [2.05, 4.69) is 4.18 Å². The van der Waals surface area contributed by atoms with Gasteiger partial charge < -0.3 is 5.11 Å². The first kappa shape index (κ1) is 12.2. The number of benzene rings is 1. The molecule has 1 N–H and O–H groups in total. The van der Waals surface area contributed by atoms with E-state index in [0.29, 0.717) is 5.56 Å². The van der Waals surface area contributed by atoms with E-state index in [0.717, 1.165) is 0 Å². The van der Waals surface area contributed by atoms with E-state index in [1.54, 1.807) is 37.3 Å². The van der Waals surface area contributed by atoms with Gasteiger partial charge in [0.2, 0.25) is 0 Å². The molecule has 1 aromatic rings. The molecule has 0 bridgehead atoms. The van der Waals surface area contributed by atoms with Crippen LogP contribution in [0.2, 0.25) is 0 Å². The molecule has 0 heterocycles. The molecule has 5 heteroatoms. The molecule has 0 spiro atoms. The molecule has 1 unspecified atom stereocenters. The van der Waals surface area contributed by atoms with Crippen LogP contribution < -0.4 is 0 Å². The molecule has 0 amide bonds. The maximum absolute atomic E-state index is 11.4. The van der Waals surface area contributed by atoms with Crippen molar-refractivity contribution < 1.29 is 17.7 Å². The molecule has 84 valence electrons. The number of rotatable bonds is 5. The number of aliphatic hydroxyl groups is 1. The Morgan fingerprint density at radius 1 is 1.33 bits per heavy atom. The van der Waals surface area contributed by atoms with Crippen molar-refractivity contribution in [2.75, 3.05) is 0 Å². The fraction of sp³-hybridized carbons (Fsp3) is 0.400. The Bertz CT molecular complexity index is 385. The third-order valence-electron chi connectivity index (χ3n) is 1.79. The van der Waals surface area contributed by atoms with Gasteiger partial charge in [-0.05, 0) is 12.0 Å². The average molecular weight is 230 g/mol. The van der Waals surface area contributed by atoms with E-state index in [9.17, 15) is 8.42 Å². The van der Waals surface area contributed by atoms with Gasteiger partial charge in [0.05, 0.1) is 0 Å². The van der Waals surface area contributed by atoms with Crippen LogP contribution in [0.4, 0.5) is 0 Å². The van der Waals surface area contributed by atoms with Crippen molar-refractivity contribution >= 4 is 10.1 Å². The lowest BCUT2D eigenvalue weighted by Crippen LogP contribution is -2.18. The van der Waals surface area contributed by atoms with Crippen LogP contribution in [-0.4, -0.2) is 19.8 Å². The smallest absolute Gasteiger partial charge is 0.274 e. The van der Waals surface area contributed by atoms with Gasteiger partial charge in [-0.1, -0.05) is 37.3 Å². The van der Waals surface area contributed by atoms with Crippen molar-refractivity contribution in [2.24, 2.45) is 0 Å². The second-order valence-electron chi connectivity index (χ2n) is 3.15. The van der Waals surface area contributed by atoms with Crippen LogP contribution in [-0.2, 0) is 20.1 Å². The lowest BCUT2D eigenvalue weighted by Gasteiger charge is -2.09. The molecule has 0 aliphatic heterocycles. The second-order valence-corrected chi connectivity index (χ2v) is 4.74. The first-order chi connectivity index (χ1) is 7.03. The second kappa shape index (κ2) is 5.25. The molecule has 4 nitrogen and oxygen atoms in total. The Labute approximate surface area is 89.6 Å². The fourth-order valence-corrected chi connectivity index (χ4v) is 2.19. The van der Waals surface area contributed by atoms with Crippen molar-refractivity contribution in [2.45, 2.75) is 25.4 Å². The summed E-state index contributed by atoms with van der Waals surface area (Å²) < 4.78 is 27.3. The minimum Gasteiger partial charge on any atom is -0.367 e. The van der Waals surface area contributed by atoms with Gasteiger partial charge in [0, 0.05) is 0 Å². The van der Waals surface area contributed by atoms with Crippen LogP contribution in [0, 0.1) is 0 Å². The predicted molar refractivity (Wildman–Crippen MR) is 56.4 cm³/mol. The van der Waals surface area contributed by atoms with Crippen LogP contribution in [0.1, 0.15) is 18.9 Å². The largest absolute Gasteiger partial charge is 0.367 e. The maximum atomic E-state index is 11.4. The molecule has 0 aliphatic carbocycles. The summed E-state index contributed by atoms with van der Waals surface area (Å²) in [7, 11) is -3.70. The number of hydrogen-bond donors (Lipinski definition) is 1. The summed E-state index contributed by atoms with van der Waals surface area (Å²) in [6.07, 6.45) is -1.01. The summed E-state index contributed by atoms with van der Waals surface area (Å²) in [5.41, 5.74) is 0.640. The van der Waals surface area contributed by atoms with E-state index in [1.807, 2.05) is 0 Å². The molecule has 0 radical (unpaired) electrons. The van der Waals surface area contributed by atoms with Crippen LogP contribution in [0.25, 0.3) is 0 Å². The molecule has 1 rings (SSSR count). The lowest BCUT2D eigenvalue weighted by atomic mass is 10.2. The molecule has 1 atom stereocenters. The van der Waals surface area contributed by atoms with E-state index in [-0.39, 0.29) is 12.2 Å². The zero-order valence-corrected chi connectivity index (χ0v) is 9.28. The summed E-state index contributed by atoms with van der Waals surface area (Å²) in [5, 5.41) is 9.07. The van der Waals surface area contributed by atoms with Gasteiger partial charge in [0.15, 0.2) is 6.29 Å². The summed E-state index contributed by atoms with van der Waals surface area (Å²) in [5.74, 6) is -0.217. The molecular weight excluding hydrogens is 216 g/mol. The topological polar surface area (TPSA) is 63.6 Å². The Morgan fingerprint density at radius 3 is 2.47 bits per heavy atom. The quantitative estimate of drug-likeness (QED) is 0.611. The van der Waals surface area contributed by atoms with Gasteiger partial charge in [-0.3, -0.25) is 0 Å². The fourth-order valence-electron chi connectivity index (χ4n) is 1.05. The SMILES string of the molecule is CCC(O)OS(=O)(=O)Cc1ccccc1. The zero-order valence-electron chi connectivity index (χ0n) is 8.46. The van der Waals surface area contributed by atoms with Gasteiger partial charge in [-0.25, -0.2) is 4.18 Å². The summed E-state index contributed by atoms with van der Waals surface area (Å²) in [6, 6.07) is 8.69. The molecule has 1 aromatic carbocycles. The van der Waals surface area contributed by atoms with Crippen molar-refractivity contribution in [3.63, 3.8) is 0 Å². The van der Waals surface area contributed by atoms with Gasteiger partial charge in [0.25, 0.3) is 10.1 Å². The van der Waals surface area contributed by atoms with Crippen LogP contribution >= 0.6 is 0 Å². The monoisotopic (exact) mass is 230 g/mol. The Balaban J connectivity index is 2.65. The van der Waals surface area contributed by atoms with Gasteiger partial charge in [-0.15, -0.1) is 0 Å². The van der Waals surface area contributed by atoms with Crippen molar-refractivity contribution in [3.05, 3.63) is 35.9 Å². The third-order valence-corrected chi connectivity index (χ3v) is 3.00. The first-order valence-electron chi connectivity index (χ1n) is 4.66. The third kappa shape index (κ3) is 4.42. The van der Waals surface area contributed by atoms with Gasteiger partial charge >= 0.3 is 0 Å². The summed E-state index contributed by atoms with van der Waals surface area (Å²) in [6.45, 7) is 1.64. The van der Waals surface area contributed by atoms with Crippen LogP contribution in [0.5, 0.6) is 0 Å². The minimum absolute atomic E-state index is 0.217. The molecule has 0 saturated carbocycles. The Hall–Kier alpha value is -0.910. The van der Waals surface area contributed by atoms with E-state index >= 15 is 0 Å². The number of hydrogen-bond acceptors (Lipinski definition) is 4. The highest BCUT2D eigenvalue weighted by Gasteiger charge is 2.16. The zero-order chi connectivity index (χ0) is 11.3.